The molecule has 0 atom stereocenters. The van der Waals surface area contributed by atoms with Crippen LogP contribution in [0.1, 0.15) is 5.56 Å². The number of benzene rings is 2. The minimum atomic E-state index is -0.569. The molecule has 0 saturated heterocycles. The summed E-state index contributed by atoms with van der Waals surface area (Å²) in [5, 5.41) is 4.84. The molecule has 0 unspecified atom stereocenters. The average molecular weight is 426 g/mol. The van der Waals surface area contributed by atoms with Crippen molar-refractivity contribution in [3.05, 3.63) is 91.4 Å². The number of nitrogens with one attached hydrogen (secondary N) is 1. The van der Waals surface area contributed by atoms with Crippen molar-refractivity contribution in [1.29, 1.82) is 0 Å². The molecule has 29 heavy (non-hydrogen) atoms. The molecular weight excluding hydrogens is 410 g/mol. The van der Waals surface area contributed by atoms with E-state index in [1.807, 2.05) is 13.0 Å². The summed E-state index contributed by atoms with van der Waals surface area (Å²) in [5.74, 6) is -0.415. The van der Waals surface area contributed by atoms with Crippen molar-refractivity contribution in [3.8, 4) is 5.69 Å². The Morgan fingerprint density at radius 1 is 1.10 bits per heavy atom. The fraction of sp³-hybridized carbons (Fsp3) is 0.0952. The molecule has 2 heterocycles. The van der Waals surface area contributed by atoms with E-state index < -0.39 is 17.2 Å². The molecule has 146 valence electrons. The standard InChI is InChI=1S/C21H16ClN3O3S/c1-13-5-4-6-14(11-13)25-20(27)19-17(9-10-29-19)24(21(25)28)12-18(26)23-16-8-3-2-7-15(16)22/h2-11H,12H2,1H3,(H,23,26). The van der Waals surface area contributed by atoms with E-state index >= 15 is 0 Å². The lowest BCUT2D eigenvalue weighted by Crippen LogP contribution is -2.40. The molecule has 0 saturated carbocycles. The molecule has 2 aromatic heterocycles. The van der Waals surface area contributed by atoms with E-state index in [1.165, 1.54) is 15.9 Å². The first-order valence-electron chi connectivity index (χ1n) is 8.80. The van der Waals surface area contributed by atoms with Gasteiger partial charge in [-0.15, -0.1) is 11.3 Å². The van der Waals surface area contributed by atoms with Gasteiger partial charge in [-0.05, 0) is 48.2 Å². The van der Waals surface area contributed by atoms with Gasteiger partial charge in [0, 0.05) is 0 Å². The quantitative estimate of drug-likeness (QED) is 0.540. The van der Waals surface area contributed by atoms with E-state index in [2.05, 4.69) is 5.32 Å². The Hall–Kier alpha value is -3.16. The SMILES string of the molecule is Cc1cccc(-n2c(=O)c3sccc3n(CC(=O)Nc3ccccc3Cl)c2=O)c1. The first-order valence-corrected chi connectivity index (χ1v) is 10.1. The number of thiophene rings is 1. The van der Waals surface area contributed by atoms with E-state index in [4.69, 9.17) is 11.6 Å². The van der Waals surface area contributed by atoms with Crippen LogP contribution < -0.4 is 16.6 Å². The largest absolute Gasteiger partial charge is 0.336 e. The Labute approximate surface area is 174 Å². The normalized spacial score (nSPS) is 11.0. The molecule has 0 fully saturated rings. The molecule has 4 aromatic rings. The van der Waals surface area contributed by atoms with Crippen LogP contribution in [0.2, 0.25) is 5.02 Å². The zero-order valence-electron chi connectivity index (χ0n) is 15.4. The second-order valence-electron chi connectivity index (χ2n) is 6.51. The highest BCUT2D eigenvalue weighted by molar-refractivity contribution is 7.17. The average Bonchev–Trinajstić information content (AvgIpc) is 3.17. The smallest absolute Gasteiger partial charge is 0.323 e. The first-order chi connectivity index (χ1) is 14.0. The molecule has 1 N–H and O–H groups in total. The van der Waals surface area contributed by atoms with E-state index in [9.17, 15) is 14.4 Å². The van der Waals surface area contributed by atoms with Crippen molar-refractivity contribution < 1.29 is 4.79 Å². The number of carbonyl (C=O) groups excluding carboxylic acids is 1. The van der Waals surface area contributed by atoms with Crippen LogP contribution in [0.3, 0.4) is 0 Å². The van der Waals surface area contributed by atoms with Crippen molar-refractivity contribution in [2.45, 2.75) is 13.5 Å². The van der Waals surface area contributed by atoms with Crippen LogP contribution in [0.15, 0.2) is 69.6 Å². The van der Waals surface area contributed by atoms with Gasteiger partial charge in [-0.2, -0.15) is 0 Å². The van der Waals surface area contributed by atoms with Crippen LogP contribution in [0.5, 0.6) is 0 Å². The van der Waals surface area contributed by atoms with Gasteiger partial charge in [-0.1, -0.05) is 35.9 Å². The molecule has 0 aliphatic carbocycles. The van der Waals surface area contributed by atoms with Gasteiger partial charge in [0.15, 0.2) is 0 Å². The van der Waals surface area contributed by atoms with Gasteiger partial charge < -0.3 is 5.32 Å². The third-order valence-electron chi connectivity index (χ3n) is 4.46. The number of rotatable bonds is 4. The number of amides is 1. The Morgan fingerprint density at radius 2 is 1.90 bits per heavy atom. The third-order valence-corrected chi connectivity index (χ3v) is 5.69. The van der Waals surface area contributed by atoms with Gasteiger partial charge in [-0.3, -0.25) is 14.2 Å². The summed E-state index contributed by atoms with van der Waals surface area (Å²) in [7, 11) is 0. The molecular formula is C21H16ClN3O3S. The number of aromatic nitrogens is 2. The third kappa shape index (κ3) is 3.62. The van der Waals surface area contributed by atoms with Crippen LogP contribution in [0.25, 0.3) is 15.9 Å². The Morgan fingerprint density at radius 3 is 2.66 bits per heavy atom. The van der Waals surface area contributed by atoms with Crippen molar-refractivity contribution >= 4 is 44.7 Å². The topological polar surface area (TPSA) is 73.1 Å². The van der Waals surface area contributed by atoms with E-state index in [-0.39, 0.29) is 6.54 Å². The van der Waals surface area contributed by atoms with Gasteiger partial charge in [0.1, 0.15) is 11.2 Å². The molecule has 6 nitrogen and oxygen atoms in total. The zero-order chi connectivity index (χ0) is 20.5. The van der Waals surface area contributed by atoms with Crippen LogP contribution in [0.4, 0.5) is 5.69 Å². The van der Waals surface area contributed by atoms with Gasteiger partial charge in [0.25, 0.3) is 5.56 Å². The summed E-state index contributed by atoms with van der Waals surface area (Å²) >= 11 is 7.33. The van der Waals surface area contributed by atoms with Crippen LogP contribution in [0, 0.1) is 6.92 Å². The summed E-state index contributed by atoms with van der Waals surface area (Å²) in [5.41, 5.74) is 1.32. The number of halogens is 1. The van der Waals surface area contributed by atoms with Crippen LogP contribution in [-0.2, 0) is 11.3 Å². The van der Waals surface area contributed by atoms with Gasteiger partial charge in [-0.25, -0.2) is 9.36 Å². The molecule has 0 spiro atoms. The highest BCUT2D eigenvalue weighted by Gasteiger charge is 2.18. The summed E-state index contributed by atoms with van der Waals surface area (Å²) in [4.78, 5) is 38.8. The lowest BCUT2D eigenvalue weighted by atomic mass is 10.2. The van der Waals surface area contributed by atoms with Crippen molar-refractivity contribution in [1.82, 2.24) is 9.13 Å². The number of hydrogen-bond donors (Lipinski definition) is 1. The Bertz CT molecular complexity index is 1350. The summed E-state index contributed by atoms with van der Waals surface area (Å²) in [6, 6.07) is 15.6. The number of para-hydroxylation sites is 1. The fourth-order valence-electron chi connectivity index (χ4n) is 3.13. The van der Waals surface area contributed by atoms with Gasteiger partial charge in [0.2, 0.25) is 5.91 Å². The zero-order valence-corrected chi connectivity index (χ0v) is 17.0. The minimum Gasteiger partial charge on any atom is -0.323 e. The number of anilines is 1. The van der Waals surface area contributed by atoms with Crippen molar-refractivity contribution in [2.75, 3.05) is 5.32 Å². The van der Waals surface area contributed by atoms with Crippen molar-refractivity contribution in [2.24, 2.45) is 0 Å². The number of aryl methyl sites for hydroxylation is 1. The molecule has 0 aliphatic rings. The van der Waals surface area contributed by atoms with Gasteiger partial charge in [0.05, 0.1) is 21.9 Å². The van der Waals surface area contributed by atoms with Gasteiger partial charge >= 0.3 is 5.69 Å². The minimum absolute atomic E-state index is 0.247. The van der Waals surface area contributed by atoms with Crippen molar-refractivity contribution in [3.63, 3.8) is 0 Å². The molecule has 4 rings (SSSR count). The predicted octanol–water partition coefficient (Wildman–Crippen LogP) is 3.81. The summed E-state index contributed by atoms with van der Waals surface area (Å²) in [6.45, 7) is 1.64. The molecule has 8 heteroatoms. The second kappa shape index (κ2) is 7.69. The fourth-order valence-corrected chi connectivity index (χ4v) is 4.14. The molecule has 0 aliphatic heterocycles. The highest BCUT2D eigenvalue weighted by Crippen LogP contribution is 2.21. The molecule has 0 bridgehead atoms. The monoisotopic (exact) mass is 425 g/mol. The maximum atomic E-state index is 13.2. The number of nitrogens with zero attached hydrogens (tertiary/aromatic N) is 2. The summed E-state index contributed by atoms with van der Waals surface area (Å²) in [6.07, 6.45) is 0. The van der Waals surface area contributed by atoms with Crippen LogP contribution >= 0.6 is 22.9 Å². The predicted molar refractivity (Wildman–Crippen MR) is 117 cm³/mol. The summed E-state index contributed by atoms with van der Waals surface area (Å²) < 4.78 is 2.83. The highest BCUT2D eigenvalue weighted by atomic mass is 35.5. The lowest BCUT2D eigenvalue weighted by Gasteiger charge is -2.13. The lowest BCUT2D eigenvalue weighted by molar-refractivity contribution is -0.116. The Kier molecular flexibility index (Phi) is 5.08. The second-order valence-corrected chi connectivity index (χ2v) is 7.83. The number of fused-ring (bicyclic) bond motifs is 1. The maximum Gasteiger partial charge on any atom is 0.336 e. The molecule has 1 amide bonds. The Balaban J connectivity index is 1.81. The van der Waals surface area contributed by atoms with E-state index in [0.29, 0.717) is 26.6 Å². The first kappa shape index (κ1) is 19.2. The maximum absolute atomic E-state index is 13.2. The van der Waals surface area contributed by atoms with Crippen LogP contribution in [-0.4, -0.2) is 15.0 Å². The van der Waals surface area contributed by atoms with E-state index in [0.717, 1.165) is 10.1 Å². The number of carbonyl (C=O) groups is 1. The number of hydrogen-bond acceptors (Lipinski definition) is 4. The van der Waals surface area contributed by atoms with E-state index in [1.54, 1.807) is 53.9 Å². The molecule has 2 aromatic carbocycles. The molecule has 0 radical (unpaired) electrons.